The minimum absolute atomic E-state index is 0.474. The van der Waals surface area contributed by atoms with Gasteiger partial charge in [-0.15, -0.1) is 0 Å². The van der Waals surface area contributed by atoms with Gasteiger partial charge in [0.05, 0.1) is 12.5 Å². The van der Waals surface area contributed by atoms with Gasteiger partial charge in [0, 0.05) is 5.92 Å². The van der Waals surface area contributed by atoms with E-state index >= 15 is 0 Å². The van der Waals surface area contributed by atoms with E-state index in [0.29, 0.717) is 0 Å². The zero-order valence-electron chi connectivity index (χ0n) is 6.48. The Morgan fingerprint density at radius 2 is 2.15 bits per heavy atom. The molecule has 1 heterocycles. The second-order valence-electron chi connectivity index (χ2n) is 3.40. The Hall–Kier alpha value is -0.750. The number of rotatable bonds is 2. The Labute approximate surface area is 72.1 Å². The van der Waals surface area contributed by atoms with E-state index in [2.05, 4.69) is 4.74 Å². The van der Waals surface area contributed by atoms with Gasteiger partial charge >= 0.3 is 11.9 Å². The van der Waals surface area contributed by atoms with Crippen LogP contribution in [0, 0.1) is 5.92 Å². The van der Waals surface area contributed by atoms with Crippen molar-refractivity contribution >= 4 is 5.97 Å². The van der Waals surface area contributed by atoms with Crippen LogP contribution in [0.5, 0.6) is 0 Å². The number of carboxylic acids is 1. The number of fused-ring (bicyclic) bond motifs is 1. The van der Waals surface area contributed by atoms with Gasteiger partial charge in [0.1, 0.15) is 6.10 Å². The third kappa shape index (κ3) is 1.13. The summed E-state index contributed by atoms with van der Waals surface area (Å²) >= 11 is 0. The third-order valence-corrected chi connectivity index (χ3v) is 2.54. The minimum atomic E-state index is -3.29. The summed E-state index contributed by atoms with van der Waals surface area (Å²) in [6, 6.07) is 0. The fraction of sp³-hybridized carbons (Fsp3) is 0.857. The molecule has 2 N–H and O–H groups in total. The summed E-state index contributed by atoms with van der Waals surface area (Å²) < 4.78 is 30.4. The molecule has 0 aromatic rings. The van der Waals surface area contributed by atoms with Gasteiger partial charge in [-0.25, -0.2) is 8.78 Å². The van der Waals surface area contributed by atoms with Gasteiger partial charge < -0.3 is 14.9 Å². The maximum Gasteiger partial charge on any atom is 0.303 e. The van der Waals surface area contributed by atoms with Crippen LogP contribution in [0.4, 0.5) is 8.78 Å². The molecule has 0 aromatic carbocycles. The Morgan fingerprint density at radius 3 is 2.54 bits per heavy atom. The van der Waals surface area contributed by atoms with Crippen LogP contribution in [-0.2, 0) is 9.53 Å². The Balaban J connectivity index is 2.11. The molecule has 0 bridgehead atoms. The number of alkyl halides is 2. The fourth-order valence-electron chi connectivity index (χ4n) is 1.82. The summed E-state index contributed by atoms with van der Waals surface area (Å²) in [6.07, 6.45) is -4.40. The molecule has 0 spiro atoms. The first-order chi connectivity index (χ1) is 5.94. The van der Waals surface area contributed by atoms with Gasteiger partial charge in [0.2, 0.25) is 0 Å². The average molecular weight is 194 g/mol. The van der Waals surface area contributed by atoms with Crippen LogP contribution in [0.3, 0.4) is 0 Å². The molecule has 2 rings (SSSR count). The Kier molecular flexibility index (Phi) is 1.62. The van der Waals surface area contributed by atoms with Gasteiger partial charge in [-0.1, -0.05) is 0 Å². The number of ether oxygens (including phenoxy) is 1. The highest BCUT2D eigenvalue weighted by molar-refractivity contribution is 5.67. The van der Waals surface area contributed by atoms with E-state index in [9.17, 15) is 13.6 Å². The lowest BCUT2D eigenvalue weighted by Gasteiger charge is -2.20. The summed E-state index contributed by atoms with van der Waals surface area (Å²) in [4.78, 5) is 10.3. The fourth-order valence-corrected chi connectivity index (χ4v) is 1.82. The van der Waals surface area contributed by atoms with Crippen molar-refractivity contribution in [3.8, 4) is 0 Å². The van der Waals surface area contributed by atoms with Crippen LogP contribution < -0.4 is 0 Å². The van der Waals surface area contributed by atoms with Crippen molar-refractivity contribution in [1.29, 1.82) is 0 Å². The topological polar surface area (TPSA) is 70.1 Å². The van der Waals surface area contributed by atoms with Crippen molar-refractivity contribution in [2.45, 2.75) is 30.7 Å². The molecule has 2 fully saturated rings. The monoisotopic (exact) mass is 194 g/mol. The van der Waals surface area contributed by atoms with Gasteiger partial charge in [-0.3, -0.25) is 4.79 Å². The van der Waals surface area contributed by atoms with Crippen molar-refractivity contribution < 1.29 is 28.5 Å². The predicted octanol–water partition coefficient (Wildman–Crippen LogP) is -0.146. The van der Waals surface area contributed by atoms with E-state index in [0.717, 1.165) is 0 Å². The zero-order chi connectivity index (χ0) is 9.80. The zero-order valence-corrected chi connectivity index (χ0v) is 6.48. The van der Waals surface area contributed by atoms with Crippen molar-refractivity contribution in [3.63, 3.8) is 0 Å². The van der Waals surface area contributed by atoms with Crippen LogP contribution in [0.2, 0.25) is 0 Å². The molecule has 1 saturated heterocycles. The largest absolute Gasteiger partial charge is 0.481 e. The first-order valence-electron chi connectivity index (χ1n) is 3.87. The van der Waals surface area contributed by atoms with E-state index in [1.54, 1.807) is 0 Å². The van der Waals surface area contributed by atoms with E-state index in [-0.39, 0.29) is 0 Å². The first-order valence-corrected chi connectivity index (χ1v) is 3.87. The van der Waals surface area contributed by atoms with Crippen LogP contribution in [-0.4, -0.2) is 40.4 Å². The highest BCUT2D eigenvalue weighted by Crippen LogP contribution is 2.53. The van der Waals surface area contributed by atoms with Gasteiger partial charge in [-0.05, 0) is 0 Å². The number of aliphatic carboxylic acids is 1. The van der Waals surface area contributed by atoms with Gasteiger partial charge in [0.15, 0.2) is 6.10 Å². The Morgan fingerprint density at radius 1 is 1.54 bits per heavy atom. The molecule has 13 heavy (non-hydrogen) atoms. The predicted molar refractivity (Wildman–Crippen MR) is 35.4 cm³/mol. The van der Waals surface area contributed by atoms with Crippen molar-refractivity contribution in [2.75, 3.05) is 0 Å². The number of aliphatic hydroxyl groups is 1. The summed E-state index contributed by atoms with van der Waals surface area (Å²) in [5, 5.41) is 17.5. The smallest absolute Gasteiger partial charge is 0.303 e. The van der Waals surface area contributed by atoms with E-state index in [1.807, 2.05) is 0 Å². The number of aliphatic hydroxyl groups excluding tert-OH is 1. The van der Waals surface area contributed by atoms with Crippen molar-refractivity contribution in [3.05, 3.63) is 0 Å². The molecular weight excluding hydrogens is 186 g/mol. The normalized spacial score (nSPS) is 45.8. The van der Waals surface area contributed by atoms with E-state index in [1.165, 1.54) is 0 Å². The number of hydrogen-bond acceptors (Lipinski definition) is 3. The van der Waals surface area contributed by atoms with Gasteiger partial charge in [0.25, 0.3) is 0 Å². The number of hydrogen-bond donors (Lipinski definition) is 2. The molecule has 1 aliphatic carbocycles. The number of carboxylic acid groups (broad SMARTS) is 1. The molecule has 74 valence electrons. The van der Waals surface area contributed by atoms with Crippen LogP contribution >= 0.6 is 0 Å². The molecule has 6 heteroatoms. The molecule has 0 aromatic heterocycles. The third-order valence-electron chi connectivity index (χ3n) is 2.54. The molecular formula is C7H8F2O4. The van der Waals surface area contributed by atoms with E-state index < -0.39 is 42.5 Å². The number of carbonyl (C=O) groups is 1. The minimum Gasteiger partial charge on any atom is -0.481 e. The average Bonchev–Trinajstić information content (AvgIpc) is 2.73. The summed E-state index contributed by atoms with van der Waals surface area (Å²) in [6.45, 7) is 0. The molecule has 1 saturated carbocycles. The quantitative estimate of drug-likeness (QED) is 0.600. The number of halogens is 2. The lowest BCUT2D eigenvalue weighted by Crippen LogP contribution is -2.38. The standard InChI is InChI=1S/C7H8F2O4/c8-7(9)5(12)2(1-3(10)11)4-6(7)13-4/h2,4-6,12H,1H2,(H,10,11)/t2-,4-,5+,6-/m1/s1. The molecule has 0 amide bonds. The molecule has 4 nitrogen and oxygen atoms in total. The molecule has 0 unspecified atom stereocenters. The number of epoxide rings is 1. The van der Waals surface area contributed by atoms with Crippen LogP contribution in [0.1, 0.15) is 6.42 Å². The molecule has 1 aliphatic heterocycles. The van der Waals surface area contributed by atoms with Crippen molar-refractivity contribution in [1.82, 2.24) is 0 Å². The summed E-state index contributed by atoms with van der Waals surface area (Å²) in [5.74, 6) is -5.46. The molecule has 0 radical (unpaired) electrons. The highest BCUT2D eigenvalue weighted by atomic mass is 19.3. The van der Waals surface area contributed by atoms with Crippen LogP contribution in [0.15, 0.2) is 0 Å². The van der Waals surface area contributed by atoms with Gasteiger partial charge in [-0.2, -0.15) is 0 Å². The first kappa shape index (κ1) is 8.83. The van der Waals surface area contributed by atoms with Crippen molar-refractivity contribution in [2.24, 2.45) is 5.92 Å². The lowest BCUT2D eigenvalue weighted by molar-refractivity contribution is -0.152. The molecule has 4 atom stereocenters. The second-order valence-corrected chi connectivity index (χ2v) is 3.40. The SMILES string of the molecule is O=C(O)C[C@@H]1[C@H]2O[C@H]2C(F)(F)[C@H]1O. The maximum absolute atomic E-state index is 12.9. The van der Waals surface area contributed by atoms with Crippen LogP contribution in [0.25, 0.3) is 0 Å². The highest BCUT2D eigenvalue weighted by Gasteiger charge is 2.72. The van der Waals surface area contributed by atoms with E-state index in [4.69, 9.17) is 10.2 Å². The lowest BCUT2D eigenvalue weighted by atomic mass is 10.0. The summed E-state index contributed by atoms with van der Waals surface area (Å²) in [5.41, 5.74) is 0. The second kappa shape index (κ2) is 2.39. The Bertz CT molecular complexity index is 255. The summed E-state index contributed by atoms with van der Waals surface area (Å²) in [7, 11) is 0. The molecule has 2 aliphatic rings. The maximum atomic E-state index is 12.9.